The van der Waals surface area contributed by atoms with E-state index in [1.165, 1.54) is 24.9 Å². The van der Waals surface area contributed by atoms with E-state index in [4.69, 9.17) is 5.73 Å². The van der Waals surface area contributed by atoms with Gasteiger partial charge in [-0.2, -0.15) is 0 Å². The van der Waals surface area contributed by atoms with Crippen molar-refractivity contribution in [3.05, 3.63) is 29.6 Å². The van der Waals surface area contributed by atoms with Crippen LogP contribution in [0.25, 0.3) is 0 Å². The molecule has 1 heterocycles. The Bertz CT molecular complexity index is 334. The molecule has 0 fully saturated rings. The van der Waals surface area contributed by atoms with Gasteiger partial charge in [0.25, 0.3) is 0 Å². The number of hydrogen-bond donors (Lipinski definition) is 1. The minimum Gasteiger partial charge on any atom is -0.325 e. The summed E-state index contributed by atoms with van der Waals surface area (Å²) in [6, 6.07) is 4.21. The molecule has 0 aliphatic carbocycles. The summed E-state index contributed by atoms with van der Waals surface area (Å²) in [7, 11) is 0. The Kier molecular flexibility index (Phi) is 6.91. The van der Waals surface area contributed by atoms with Gasteiger partial charge >= 0.3 is 0 Å². The highest BCUT2D eigenvalue weighted by molar-refractivity contribution is 5.16. The molecule has 0 saturated carbocycles. The summed E-state index contributed by atoms with van der Waals surface area (Å²) in [5.74, 6) is 0.806. The van der Waals surface area contributed by atoms with E-state index < -0.39 is 0 Å². The summed E-state index contributed by atoms with van der Waals surface area (Å²) < 4.78 is 0. The second-order valence-electron chi connectivity index (χ2n) is 4.87. The molecular weight excluding hydrogens is 222 g/mol. The maximum Gasteiger partial charge on any atom is 0.0542 e. The molecule has 1 rings (SSSR count). The first-order valence-corrected chi connectivity index (χ1v) is 7.09. The van der Waals surface area contributed by atoms with Gasteiger partial charge in [-0.3, -0.25) is 9.88 Å². The molecule has 0 aliphatic rings. The minimum absolute atomic E-state index is 0.520. The molecule has 0 radical (unpaired) electrons. The van der Waals surface area contributed by atoms with E-state index in [-0.39, 0.29) is 0 Å². The van der Waals surface area contributed by atoms with Crippen molar-refractivity contribution in [2.45, 2.75) is 46.7 Å². The summed E-state index contributed by atoms with van der Waals surface area (Å²) in [6.45, 7) is 10.6. The van der Waals surface area contributed by atoms with E-state index in [0.29, 0.717) is 6.54 Å². The fraction of sp³-hybridized carbons (Fsp3) is 0.667. The fourth-order valence-corrected chi connectivity index (χ4v) is 2.21. The standard InChI is InChI=1S/C15H27N3/c1-4-13(5-2)11-18(6-3)12-14-7-8-17-15(9-14)10-16/h7-9,13H,4-6,10-12,16H2,1-3H3. The largest absolute Gasteiger partial charge is 0.325 e. The second-order valence-corrected chi connectivity index (χ2v) is 4.87. The third-order valence-electron chi connectivity index (χ3n) is 3.61. The van der Waals surface area contributed by atoms with Crippen LogP contribution in [-0.2, 0) is 13.1 Å². The Morgan fingerprint density at radius 3 is 2.56 bits per heavy atom. The van der Waals surface area contributed by atoms with Crippen LogP contribution in [0.4, 0.5) is 0 Å². The highest BCUT2D eigenvalue weighted by atomic mass is 15.1. The van der Waals surface area contributed by atoms with E-state index in [9.17, 15) is 0 Å². The minimum atomic E-state index is 0.520. The number of nitrogens with two attached hydrogens (primary N) is 1. The average Bonchev–Trinajstić information content (AvgIpc) is 2.43. The van der Waals surface area contributed by atoms with Gasteiger partial charge in [0.05, 0.1) is 5.69 Å². The van der Waals surface area contributed by atoms with Crippen LogP contribution >= 0.6 is 0 Å². The SMILES string of the molecule is CCC(CC)CN(CC)Cc1ccnc(CN)c1. The number of nitrogens with zero attached hydrogens (tertiary/aromatic N) is 2. The number of rotatable bonds is 8. The van der Waals surface area contributed by atoms with Crippen LogP contribution in [0.1, 0.15) is 44.9 Å². The lowest BCUT2D eigenvalue weighted by molar-refractivity contribution is 0.226. The maximum absolute atomic E-state index is 5.63. The monoisotopic (exact) mass is 249 g/mol. The third kappa shape index (κ3) is 4.75. The van der Waals surface area contributed by atoms with Crippen LogP contribution in [0.5, 0.6) is 0 Å². The molecule has 1 aromatic rings. The first-order chi connectivity index (χ1) is 8.73. The van der Waals surface area contributed by atoms with Crippen molar-refractivity contribution in [2.24, 2.45) is 11.7 Å². The van der Waals surface area contributed by atoms with Crippen LogP contribution in [-0.4, -0.2) is 23.0 Å². The Hall–Kier alpha value is -0.930. The molecule has 0 aliphatic heterocycles. The zero-order valence-corrected chi connectivity index (χ0v) is 12.0. The Morgan fingerprint density at radius 2 is 2.00 bits per heavy atom. The van der Waals surface area contributed by atoms with Gasteiger partial charge in [-0.1, -0.05) is 33.6 Å². The van der Waals surface area contributed by atoms with Crippen molar-refractivity contribution in [2.75, 3.05) is 13.1 Å². The van der Waals surface area contributed by atoms with E-state index in [1.807, 2.05) is 6.20 Å². The first-order valence-electron chi connectivity index (χ1n) is 7.09. The molecule has 18 heavy (non-hydrogen) atoms. The average molecular weight is 249 g/mol. The van der Waals surface area contributed by atoms with Crippen LogP contribution in [0.15, 0.2) is 18.3 Å². The van der Waals surface area contributed by atoms with E-state index >= 15 is 0 Å². The van der Waals surface area contributed by atoms with Crippen molar-refractivity contribution in [3.63, 3.8) is 0 Å². The van der Waals surface area contributed by atoms with Gasteiger partial charge in [0.1, 0.15) is 0 Å². The molecule has 0 saturated heterocycles. The molecule has 3 nitrogen and oxygen atoms in total. The van der Waals surface area contributed by atoms with Crippen LogP contribution < -0.4 is 5.73 Å². The molecule has 1 aromatic heterocycles. The molecule has 0 amide bonds. The molecule has 0 aromatic carbocycles. The lowest BCUT2D eigenvalue weighted by atomic mass is 10.0. The topological polar surface area (TPSA) is 42.2 Å². The molecule has 0 atom stereocenters. The van der Waals surface area contributed by atoms with Crippen molar-refractivity contribution < 1.29 is 0 Å². The zero-order valence-electron chi connectivity index (χ0n) is 12.0. The molecule has 0 spiro atoms. The van der Waals surface area contributed by atoms with E-state index in [0.717, 1.165) is 24.7 Å². The highest BCUT2D eigenvalue weighted by Gasteiger charge is 2.10. The van der Waals surface area contributed by atoms with Gasteiger partial charge in [-0.25, -0.2) is 0 Å². The summed E-state index contributed by atoms with van der Waals surface area (Å²) in [5.41, 5.74) is 7.93. The summed E-state index contributed by atoms with van der Waals surface area (Å²) in [5, 5.41) is 0. The lowest BCUT2D eigenvalue weighted by Gasteiger charge is -2.25. The summed E-state index contributed by atoms with van der Waals surface area (Å²) in [6.07, 6.45) is 4.39. The first kappa shape index (κ1) is 15.1. The van der Waals surface area contributed by atoms with E-state index in [1.54, 1.807) is 0 Å². The highest BCUT2D eigenvalue weighted by Crippen LogP contribution is 2.13. The van der Waals surface area contributed by atoms with Gasteiger partial charge in [-0.05, 0) is 30.2 Å². The number of pyridine rings is 1. The Labute approximate surface area is 111 Å². The van der Waals surface area contributed by atoms with Gasteiger partial charge in [-0.15, -0.1) is 0 Å². The molecule has 0 bridgehead atoms. The quantitative estimate of drug-likeness (QED) is 0.770. The van der Waals surface area contributed by atoms with Crippen LogP contribution in [0.2, 0.25) is 0 Å². The van der Waals surface area contributed by atoms with Gasteiger partial charge in [0.2, 0.25) is 0 Å². The van der Waals surface area contributed by atoms with E-state index in [2.05, 4.69) is 42.8 Å². The predicted molar refractivity (Wildman–Crippen MR) is 77.2 cm³/mol. The lowest BCUT2D eigenvalue weighted by Crippen LogP contribution is -2.28. The summed E-state index contributed by atoms with van der Waals surface area (Å²) >= 11 is 0. The van der Waals surface area contributed by atoms with Crippen molar-refractivity contribution in [1.82, 2.24) is 9.88 Å². The van der Waals surface area contributed by atoms with Gasteiger partial charge in [0.15, 0.2) is 0 Å². The number of hydrogen-bond acceptors (Lipinski definition) is 3. The van der Waals surface area contributed by atoms with Gasteiger partial charge in [0, 0.05) is 25.8 Å². The predicted octanol–water partition coefficient (Wildman–Crippen LogP) is 2.80. The molecule has 102 valence electrons. The van der Waals surface area contributed by atoms with Crippen molar-refractivity contribution >= 4 is 0 Å². The molecular formula is C15H27N3. The molecule has 2 N–H and O–H groups in total. The van der Waals surface area contributed by atoms with Gasteiger partial charge < -0.3 is 5.73 Å². The third-order valence-corrected chi connectivity index (χ3v) is 3.61. The zero-order chi connectivity index (χ0) is 13.4. The van der Waals surface area contributed by atoms with Crippen molar-refractivity contribution in [3.8, 4) is 0 Å². The summed E-state index contributed by atoms with van der Waals surface area (Å²) in [4.78, 5) is 6.75. The smallest absolute Gasteiger partial charge is 0.0542 e. The van der Waals surface area contributed by atoms with Crippen molar-refractivity contribution in [1.29, 1.82) is 0 Å². The Morgan fingerprint density at radius 1 is 1.28 bits per heavy atom. The molecule has 3 heteroatoms. The number of aromatic nitrogens is 1. The maximum atomic E-state index is 5.63. The Balaban J connectivity index is 2.61. The normalized spacial score (nSPS) is 11.4. The fourth-order valence-electron chi connectivity index (χ4n) is 2.21. The van der Waals surface area contributed by atoms with Crippen LogP contribution in [0, 0.1) is 5.92 Å². The molecule has 0 unspecified atom stereocenters. The van der Waals surface area contributed by atoms with Crippen LogP contribution in [0.3, 0.4) is 0 Å². The second kappa shape index (κ2) is 8.22.